The molecular weight excluding hydrogens is 531 g/mol. The number of ether oxygens (including phenoxy) is 1. The summed E-state index contributed by atoms with van der Waals surface area (Å²) in [6, 6.07) is 14.0. The molecule has 33 heavy (non-hydrogen) atoms. The highest BCUT2D eigenvalue weighted by atomic mass is 127. The zero-order chi connectivity index (χ0) is 24.0. The lowest BCUT2D eigenvalue weighted by Gasteiger charge is -2.27. The Morgan fingerprint density at radius 3 is 2.24 bits per heavy atom. The number of aliphatic hydroxyl groups excluding tert-OH is 1. The number of carbonyl (C=O) groups is 2. The van der Waals surface area contributed by atoms with Crippen molar-refractivity contribution in [2.24, 2.45) is 0 Å². The van der Waals surface area contributed by atoms with Crippen LogP contribution in [0.3, 0.4) is 0 Å². The summed E-state index contributed by atoms with van der Waals surface area (Å²) in [5.41, 5.74) is 1.42. The summed E-state index contributed by atoms with van der Waals surface area (Å²) >= 11 is 2.22. The lowest BCUT2D eigenvalue weighted by molar-refractivity contribution is -0.140. The van der Waals surface area contributed by atoms with Crippen LogP contribution < -0.4 is 4.74 Å². The number of Topliss-reactive ketones (excluding diaryl/α,β-unsaturated/α-hetero) is 1. The molecule has 6 nitrogen and oxygen atoms in total. The van der Waals surface area contributed by atoms with Crippen LogP contribution in [0.5, 0.6) is 5.75 Å². The fourth-order valence-corrected chi connectivity index (χ4v) is 4.50. The van der Waals surface area contributed by atoms with Gasteiger partial charge in [0.25, 0.3) is 11.7 Å². The quantitative estimate of drug-likeness (QED) is 0.194. The number of halogens is 1. The number of hydrogen-bond donors (Lipinski definition) is 1. The van der Waals surface area contributed by atoms with Crippen molar-refractivity contribution in [3.05, 3.63) is 68.8 Å². The van der Waals surface area contributed by atoms with Crippen LogP contribution >= 0.6 is 22.6 Å². The maximum absolute atomic E-state index is 13.1. The molecule has 3 rings (SSSR count). The first-order valence-corrected chi connectivity index (χ1v) is 12.5. The number of carbonyl (C=O) groups excluding carboxylic acids is 2. The van der Waals surface area contributed by atoms with Gasteiger partial charge in [0.15, 0.2) is 0 Å². The molecule has 0 aliphatic carbocycles. The third-order valence-electron chi connectivity index (χ3n) is 5.93. The van der Waals surface area contributed by atoms with E-state index >= 15 is 0 Å². The highest BCUT2D eigenvalue weighted by Crippen LogP contribution is 2.39. The third-order valence-corrected chi connectivity index (χ3v) is 6.65. The van der Waals surface area contributed by atoms with Gasteiger partial charge in [-0.1, -0.05) is 26.0 Å². The van der Waals surface area contributed by atoms with Gasteiger partial charge in [-0.15, -0.1) is 0 Å². The van der Waals surface area contributed by atoms with Gasteiger partial charge in [-0.3, -0.25) is 9.59 Å². The SMILES string of the molecule is CCOc1ccc(/C(O)=C2\C(=O)C(=O)N(CCCN(CC)CC)C2c2ccc(I)cc2)cc1. The van der Waals surface area contributed by atoms with Crippen LogP contribution in [0.4, 0.5) is 0 Å². The van der Waals surface area contributed by atoms with Gasteiger partial charge in [0.05, 0.1) is 18.2 Å². The Morgan fingerprint density at radius 1 is 1.03 bits per heavy atom. The van der Waals surface area contributed by atoms with E-state index in [0.29, 0.717) is 24.5 Å². The van der Waals surface area contributed by atoms with Crippen molar-refractivity contribution in [1.29, 1.82) is 0 Å². The number of benzene rings is 2. The van der Waals surface area contributed by atoms with Gasteiger partial charge in [-0.2, -0.15) is 0 Å². The second-order valence-corrected chi connectivity index (χ2v) is 9.13. The Hall–Kier alpha value is -2.39. The van der Waals surface area contributed by atoms with Gasteiger partial charge in [-0.25, -0.2) is 0 Å². The Bertz CT molecular complexity index is 998. The van der Waals surface area contributed by atoms with E-state index in [9.17, 15) is 14.7 Å². The lowest BCUT2D eigenvalue weighted by Crippen LogP contribution is -2.33. The molecule has 1 aliphatic rings. The summed E-state index contributed by atoms with van der Waals surface area (Å²) < 4.78 is 6.53. The molecule has 1 aliphatic heterocycles. The summed E-state index contributed by atoms with van der Waals surface area (Å²) in [4.78, 5) is 30.1. The average Bonchev–Trinajstić information content (AvgIpc) is 3.07. The molecule has 0 aromatic heterocycles. The van der Waals surface area contributed by atoms with Gasteiger partial charge in [0, 0.05) is 15.7 Å². The van der Waals surface area contributed by atoms with E-state index in [-0.39, 0.29) is 11.3 Å². The Balaban J connectivity index is 1.99. The van der Waals surface area contributed by atoms with E-state index in [1.54, 1.807) is 29.2 Å². The normalized spacial score (nSPS) is 17.7. The molecule has 2 aromatic rings. The fraction of sp³-hybridized carbons (Fsp3) is 0.385. The zero-order valence-corrected chi connectivity index (χ0v) is 21.5. The minimum absolute atomic E-state index is 0.133. The van der Waals surface area contributed by atoms with Gasteiger partial charge in [0.1, 0.15) is 11.5 Å². The number of hydrogen-bond acceptors (Lipinski definition) is 5. The predicted molar refractivity (Wildman–Crippen MR) is 138 cm³/mol. The zero-order valence-electron chi connectivity index (χ0n) is 19.4. The molecule has 1 unspecified atom stereocenters. The summed E-state index contributed by atoms with van der Waals surface area (Å²) in [6.45, 7) is 9.82. The van der Waals surface area contributed by atoms with Crippen LogP contribution in [0.15, 0.2) is 54.1 Å². The molecule has 7 heteroatoms. The summed E-state index contributed by atoms with van der Waals surface area (Å²) in [6.07, 6.45) is 0.749. The molecular formula is C26H31IN2O4. The van der Waals surface area contributed by atoms with E-state index in [4.69, 9.17) is 4.74 Å². The summed E-state index contributed by atoms with van der Waals surface area (Å²) in [5.74, 6) is -0.690. The van der Waals surface area contributed by atoms with Gasteiger partial charge < -0.3 is 19.6 Å². The molecule has 1 fully saturated rings. The van der Waals surface area contributed by atoms with Crippen LogP contribution in [0, 0.1) is 3.57 Å². The summed E-state index contributed by atoms with van der Waals surface area (Å²) in [5, 5.41) is 11.2. The van der Waals surface area contributed by atoms with Crippen molar-refractivity contribution in [3.63, 3.8) is 0 Å². The number of rotatable bonds is 10. The largest absolute Gasteiger partial charge is 0.507 e. The van der Waals surface area contributed by atoms with Gasteiger partial charge in [0.2, 0.25) is 0 Å². The van der Waals surface area contributed by atoms with Crippen molar-refractivity contribution in [2.75, 3.05) is 32.8 Å². The van der Waals surface area contributed by atoms with E-state index in [2.05, 4.69) is 41.3 Å². The molecule has 0 bridgehead atoms. The number of likely N-dealkylation sites (tertiary alicyclic amines) is 1. The highest BCUT2D eigenvalue weighted by molar-refractivity contribution is 14.1. The van der Waals surface area contributed by atoms with Crippen molar-refractivity contribution >= 4 is 40.0 Å². The Kier molecular flexibility index (Phi) is 8.91. The van der Waals surface area contributed by atoms with E-state index in [1.165, 1.54) is 0 Å². The van der Waals surface area contributed by atoms with Crippen LogP contribution in [-0.2, 0) is 9.59 Å². The number of ketones is 1. The van der Waals surface area contributed by atoms with Gasteiger partial charge >= 0.3 is 0 Å². The maximum atomic E-state index is 13.1. The Labute approximate surface area is 209 Å². The molecule has 176 valence electrons. The maximum Gasteiger partial charge on any atom is 0.295 e. The third kappa shape index (κ3) is 5.76. The van der Waals surface area contributed by atoms with Crippen molar-refractivity contribution in [2.45, 2.75) is 33.2 Å². The summed E-state index contributed by atoms with van der Waals surface area (Å²) in [7, 11) is 0. The molecule has 2 aromatic carbocycles. The number of amides is 1. The van der Waals surface area contributed by atoms with Crippen molar-refractivity contribution < 1.29 is 19.4 Å². The first-order chi connectivity index (χ1) is 15.9. The Morgan fingerprint density at radius 2 is 1.67 bits per heavy atom. The average molecular weight is 562 g/mol. The van der Waals surface area contributed by atoms with E-state index in [0.717, 1.165) is 35.2 Å². The molecule has 0 saturated carbocycles. The lowest BCUT2D eigenvalue weighted by atomic mass is 9.95. The molecule has 0 radical (unpaired) electrons. The van der Waals surface area contributed by atoms with Crippen LogP contribution in [-0.4, -0.2) is 59.4 Å². The molecule has 1 saturated heterocycles. The number of aliphatic hydroxyl groups is 1. The fourth-order valence-electron chi connectivity index (χ4n) is 4.14. The minimum atomic E-state index is -0.646. The van der Waals surface area contributed by atoms with Crippen molar-refractivity contribution in [3.8, 4) is 5.75 Å². The van der Waals surface area contributed by atoms with Crippen LogP contribution in [0.1, 0.15) is 44.4 Å². The standard InChI is InChI=1S/C26H31IN2O4/c1-4-28(5-2)16-7-17-29-23(18-8-12-20(27)13-9-18)22(25(31)26(29)32)24(30)19-10-14-21(15-11-19)33-6-3/h8-15,23,30H,4-7,16-17H2,1-3H3/b24-22+. The minimum Gasteiger partial charge on any atom is -0.507 e. The topological polar surface area (TPSA) is 70.1 Å². The molecule has 1 atom stereocenters. The first kappa shape index (κ1) is 25.2. The van der Waals surface area contributed by atoms with Gasteiger partial charge in [-0.05, 0) is 97.5 Å². The van der Waals surface area contributed by atoms with Crippen LogP contribution in [0.25, 0.3) is 5.76 Å². The predicted octanol–water partition coefficient (Wildman–Crippen LogP) is 4.84. The second kappa shape index (κ2) is 11.7. The van der Waals surface area contributed by atoms with Crippen molar-refractivity contribution in [1.82, 2.24) is 9.80 Å². The monoisotopic (exact) mass is 562 g/mol. The van der Waals surface area contributed by atoms with Crippen LogP contribution in [0.2, 0.25) is 0 Å². The second-order valence-electron chi connectivity index (χ2n) is 7.88. The first-order valence-electron chi connectivity index (χ1n) is 11.4. The van der Waals surface area contributed by atoms with E-state index < -0.39 is 17.7 Å². The molecule has 1 heterocycles. The van der Waals surface area contributed by atoms with E-state index in [1.807, 2.05) is 31.2 Å². The molecule has 1 amide bonds. The highest BCUT2D eigenvalue weighted by Gasteiger charge is 2.45. The molecule has 1 N–H and O–H groups in total. The molecule has 0 spiro atoms. The smallest absolute Gasteiger partial charge is 0.295 e. The number of nitrogens with zero attached hydrogens (tertiary/aromatic N) is 2.